The Kier molecular flexibility index (Phi) is 4.54. The van der Waals surface area contributed by atoms with E-state index in [0.717, 1.165) is 23.4 Å². The molecule has 0 unspecified atom stereocenters. The zero-order valence-electron chi connectivity index (χ0n) is 13.1. The van der Waals surface area contributed by atoms with Gasteiger partial charge in [0.2, 0.25) is 0 Å². The number of hydrogen-bond acceptors (Lipinski definition) is 4. The van der Waals surface area contributed by atoms with Crippen LogP contribution in [0.25, 0.3) is 11.0 Å². The molecule has 1 aromatic heterocycles. The molecule has 4 nitrogen and oxygen atoms in total. The predicted molar refractivity (Wildman–Crippen MR) is 84.2 cm³/mol. The molecule has 0 radical (unpaired) electrons. The van der Waals surface area contributed by atoms with Crippen molar-refractivity contribution in [3.05, 3.63) is 23.8 Å². The van der Waals surface area contributed by atoms with E-state index in [2.05, 4.69) is 41.2 Å². The number of nitrogens with zero attached hydrogens (tertiary/aromatic N) is 3. The van der Waals surface area contributed by atoms with Crippen molar-refractivity contribution in [2.24, 2.45) is 5.92 Å². The van der Waals surface area contributed by atoms with Crippen molar-refractivity contribution in [1.29, 1.82) is 0 Å². The van der Waals surface area contributed by atoms with Gasteiger partial charge in [0.25, 0.3) is 0 Å². The van der Waals surface area contributed by atoms with Crippen LogP contribution < -0.4 is 0 Å². The minimum absolute atomic E-state index is 0.703. The van der Waals surface area contributed by atoms with E-state index in [1.54, 1.807) is 0 Å². The van der Waals surface area contributed by atoms with Gasteiger partial charge in [-0.15, -0.1) is 0 Å². The fourth-order valence-electron chi connectivity index (χ4n) is 3.34. The van der Waals surface area contributed by atoms with Gasteiger partial charge in [0.05, 0.1) is 0 Å². The summed E-state index contributed by atoms with van der Waals surface area (Å²) < 4.78 is 4.74. The molecular weight excluding hydrogens is 262 g/mol. The first-order valence-corrected chi connectivity index (χ1v) is 8.17. The summed E-state index contributed by atoms with van der Waals surface area (Å²) in [6.07, 6.45) is 6.48. The first-order valence-electron chi connectivity index (χ1n) is 8.17. The van der Waals surface area contributed by atoms with Gasteiger partial charge in [0, 0.05) is 6.04 Å². The third-order valence-corrected chi connectivity index (χ3v) is 4.78. The van der Waals surface area contributed by atoms with Gasteiger partial charge < -0.3 is 4.90 Å². The molecular formula is C17H25N3O. The largest absolute Gasteiger partial charge is 0.301 e. The minimum Gasteiger partial charge on any atom is -0.301 e. The normalized spacial score (nSPS) is 17.9. The van der Waals surface area contributed by atoms with Crippen LogP contribution >= 0.6 is 0 Å². The molecule has 0 spiro atoms. The summed E-state index contributed by atoms with van der Waals surface area (Å²) in [5, 5.41) is 7.75. The van der Waals surface area contributed by atoms with Crippen LogP contribution in [-0.4, -0.2) is 34.3 Å². The van der Waals surface area contributed by atoms with Crippen molar-refractivity contribution in [3.8, 4) is 0 Å². The summed E-state index contributed by atoms with van der Waals surface area (Å²) >= 11 is 0. The lowest BCUT2D eigenvalue weighted by molar-refractivity contribution is 0.145. The van der Waals surface area contributed by atoms with E-state index in [1.165, 1.54) is 44.3 Å². The fraction of sp³-hybridized carbons (Fsp3) is 0.647. The number of rotatable bonds is 5. The van der Waals surface area contributed by atoms with Crippen LogP contribution in [-0.2, 0) is 6.42 Å². The van der Waals surface area contributed by atoms with Crippen LogP contribution in [0.2, 0.25) is 0 Å². The van der Waals surface area contributed by atoms with E-state index in [1.807, 2.05) is 6.07 Å². The van der Waals surface area contributed by atoms with Crippen LogP contribution in [0.4, 0.5) is 0 Å². The molecule has 0 N–H and O–H groups in total. The molecule has 0 atom stereocenters. The SMILES string of the molecule is CC(C)N1CCC(CCCc2ccc3nonc3c2)CC1. The second-order valence-corrected chi connectivity index (χ2v) is 6.55. The van der Waals surface area contributed by atoms with Crippen LogP contribution in [0.5, 0.6) is 0 Å². The highest BCUT2D eigenvalue weighted by atomic mass is 16.6. The Balaban J connectivity index is 1.44. The average molecular weight is 287 g/mol. The lowest BCUT2D eigenvalue weighted by Gasteiger charge is -2.34. The molecule has 0 amide bonds. The Morgan fingerprint density at radius 1 is 1.19 bits per heavy atom. The van der Waals surface area contributed by atoms with E-state index in [9.17, 15) is 0 Å². The second kappa shape index (κ2) is 6.56. The average Bonchev–Trinajstić information content (AvgIpc) is 2.95. The number of piperidine rings is 1. The maximum absolute atomic E-state index is 4.74. The first kappa shape index (κ1) is 14.5. The van der Waals surface area contributed by atoms with Gasteiger partial charge in [0.15, 0.2) is 0 Å². The summed E-state index contributed by atoms with van der Waals surface area (Å²) in [7, 11) is 0. The zero-order valence-corrected chi connectivity index (χ0v) is 13.1. The summed E-state index contributed by atoms with van der Waals surface area (Å²) in [5.74, 6) is 0.914. The molecule has 1 aromatic carbocycles. The fourth-order valence-corrected chi connectivity index (χ4v) is 3.34. The molecule has 1 fully saturated rings. The van der Waals surface area contributed by atoms with E-state index in [0.29, 0.717) is 6.04 Å². The number of hydrogen-bond donors (Lipinski definition) is 0. The topological polar surface area (TPSA) is 42.2 Å². The highest BCUT2D eigenvalue weighted by Crippen LogP contribution is 2.24. The van der Waals surface area contributed by atoms with Gasteiger partial charge in [0.1, 0.15) is 11.0 Å². The lowest BCUT2D eigenvalue weighted by Crippen LogP contribution is -2.38. The van der Waals surface area contributed by atoms with Gasteiger partial charge >= 0.3 is 0 Å². The monoisotopic (exact) mass is 287 g/mol. The molecule has 3 rings (SSSR count). The van der Waals surface area contributed by atoms with Crippen LogP contribution in [0, 0.1) is 5.92 Å². The third-order valence-electron chi connectivity index (χ3n) is 4.78. The Morgan fingerprint density at radius 3 is 2.71 bits per heavy atom. The van der Waals surface area contributed by atoms with Crippen LogP contribution in [0.1, 0.15) is 45.1 Å². The predicted octanol–water partition coefficient (Wildman–Crippen LogP) is 3.67. The lowest BCUT2D eigenvalue weighted by atomic mass is 9.90. The molecule has 0 bridgehead atoms. The molecule has 0 saturated carbocycles. The number of fused-ring (bicyclic) bond motifs is 1. The van der Waals surface area contributed by atoms with Crippen molar-refractivity contribution < 1.29 is 4.63 Å². The van der Waals surface area contributed by atoms with Crippen molar-refractivity contribution in [3.63, 3.8) is 0 Å². The minimum atomic E-state index is 0.703. The number of likely N-dealkylation sites (tertiary alicyclic amines) is 1. The van der Waals surface area contributed by atoms with Crippen molar-refractivity contribution in [2.75, 3.05) is 13.1 Å². The van der Waals surface area contributed by atoms with Crippen LogP contribution in [0.15, 0.2) is 22.8 Å². The maximum Gasteiger partial charge on any atom is 0.135 e. The summed E-state index contributed by atoms with van der Waals surface area (Å²) in [5.41, 5.74) is 3.07. The maximum atomic E-state index is 4.74. The smallest absolute Gasteiger partial charge is 0.135 e. The number of aryl methyl sites for hydroxylation is 1. The first-order chi connectivity index (χ1) is 10.2. The Hall–Kier alpha value is -1.42. The van der Waals surface area contributed by atoms with Gasteiger partial charge in [-0.05, 0) is 86.5 Å². The second-order valence-electron chi connectivity index (χ2n) is 6.55. The number of aromatic nitrogens is 2. The van der Waals surface area contributed by atoms with E-state index in [-0.39, 0.29) is 0 Å². The van der Waals surface area contributed by atoms with Crippen molar-refractivity contribution >= 4 is 11.0 Å². The highest BCUT2D eigenvalue weighted by molar-refractivity contribution is 5.73. The Labute approximate surface area is 126 Å². The molecule has 1 aliphatic heterocycles. The van der Waals surface area contributed by atoms with E-state index >= 15 is 0 Å². The van der Waals surface area contributed by atoms with Crippen LogP contribution in [0.3, 0.4) is 0 Å². The highest BCUT2D eigenvalue weighted by Gasteiger charge is 2.20. The van der Waals surface area contributed by atoms with E-state index < -0.39 is 0 Å². The zero-order chi connectivity index (χ0) is 14.7. The standard InChI is InChI=1S/C17H25N3O/c1-13(2)20-10-8-14(9-11-20)4-3-5-15-6-7-16-17(12-15)19-21-18-16/h6-7,12-14H,3-5,8-11H2,1-2H3. The molecule has 2 aromatic rings. The Bertz CT molecular complexity index is 570. The van der Waals surface area contributed by atoms with Gasteiger partial charge in [-0.2, -0.15) is 0 Å². The summed E-state index contributed by atoms with van der Waals surface area (Å²) in [6, 6.07) is 6.96. The summed E-state index contributed by atoms with van der Waals surface area (Å²) in [6.45, 7) is 7.16. The van der Waals surface area contributed by atoms with Crippen molar-refractivity contribution in [1.82, 2.24) is 15.2 Å². The molecule has 4 heteroatoms. The molecule has 0 aliphatic carbocycles. The van der Waals surface area contributed by atoms with Gasteiger partial charge in [-0.25, -0.2) is 4.63 Å². The molecule has 21 heavy (non-hydrogen) atoms. The molecule has 1 saturated heterocycles. The Morgan fingerprint density at radius 2 is 1.95 bits per heavy atom. The molecule has 114 valence electrons. The molecule has 1 aliphatic rings. The number of benzene rings is 1. The van der Waals surface area contributed by atoms with Crippen molar-refractivity contribution in [2.45, 2.75) is 52.0 Å². The third kappa shape index (κ3) is 3.62. The quantitative estimate of drug-likeness (QED) is 0.841. The molecule has 2 heterocycles. The van der Waals surface area contributed by atoms with Gasteiger partial charge in [-0.1, -0.05) is 12.5 Å². The van der Waals surface area contributed by atoms with E-state index in [4.69, 9.17) is 4.63 Å². The van der Waals surface area contributed by atoms with Gasteiger partial charge in [-0.3, -0.25) is 0 Å². The summed E-state index contributed by atoms with van der Waals surface area (Å²) in [4.78, 5) is 2.60.